The van der Waals surface area contributed by atoms with Crippen molar-refractivity contribution < 1.29 is 9.90 Å². The standard InChI is InChI=1S/C11H16N2O2/c1-8(7-11(14)15)13-9(2)10-3-5-12-6-4-10/h3-6,8-9,13H,7H2,1-2H3,(H,14,15)/t8?,9-/m1/s1. The summed E-state index contributed by atoms with van der Waals surface area (Å²) in [6.45, 7) is 3.87. The fraction of sp³-hybridized carbons (Fsp3) is 0.455. The first-order chi connectivity index (χ1) is 7.09. The highest BCUT2D eigenvalue weighted by Crippen LogP contribution is 2.11. The second-order valence-corrected chi connectivity index (χ2v) is 3.67. The molecule has 1 aromatic heterocycles. The highest BCUT2D eigenvalue weighted by Gasteiger charge is 2.11. The zero-order valence-electron chi connectivity index (χ0n) is 8.97. The van der Waals surface area contributed by atoms with Gasteiger partial charge in [0.25, 0.3) is 0 Å². The van der Waals surface area contributed by atoms with Crippen molar-refractivity contribution in [2.24, 2.45) is 0 Å². The molecule has 1 rings (SSSR count). The van der Waals surface area contributed by atoms with Crippen molar-refractivity contribution in [2.45, 2.75) is 32.4 Å². The Morgan fingerprint density at radius 2 is 2.07 bits per heavy atom. The van der Waals surface area contributed by atoms with Gasteiger partial charge in [-0.2, -0.15) is 0 Å². The van der Waals surface area contributed by atoms with Gasteiger partial charge in [0.2, 0.25) is 0 Å². The smallest absolute Gasteiger partial charge is 0.304 e. The van der Waals surface area contributed by atoms with Gasteiger partial charge < -0.3 is 10.4 Å². The van der Waals surface area contributed by atoms with Crippen LogP contribution in [0.3, 0.4) is 0 Å². The minimum atomic E-state index is -0.781. The van der Waals surface area contributed by atoms with Gasteiger partial charge in [-0.15, -0.1) is 0 Å². The highest BCUT2D eigenvalue weighted by atomic mass is 16.4. The fourth-order valence-electron chi connectivity index (χ4n) is 1.50. The van der Waals surface area contributed by atoms with Crippen LogP contribution in [0.4, 0.5) is 0 Å². The first-order valence-corrected chi connectivity index (χ1v) is 4.97. The van der Waals surface area contributed by atoms with E-state index in [4.69, 9.17) is 5.11 Å². The average molecular weight is 208 g/mol. The summed E-state index contributed by atoms with van der Waals surface area (Å²) in [6, 6.07) is 3.95. The Morgan fingerprint density at radius 1 is 1.47 bits per heavy atom. The van der Waals surface area contributed by atoms with E-state index >= 15 is 0 Å². The lowest BCUT2D eigenvalue weighted by molar-refractivity contribution is -0.137. The van der Waals surface area contributed by atoms with E-state index in [1.165, 1.54) is 0 Å². The summed E-state index contributed by atoms with van der Waals surface area (Å²) >= 11 is 0. The summed E-state index contributed by atoms with van der Waals surface area (Å²) < 4.78 is 0. The fourth-order valence-corrected chi connectivity index (χ4v) is 1.50. The van der Waals surface area contributed by atoms with Crippen molar-refractivity contribution in [1.82, 2.24) is 10.3 Å². The number of nitrogens with zero attached hydrogens (tertiary/aromatic N) is 1. The van der Waals surface area contributed by atoms with Gasteiger partial charge in [-0.25, -0.2) is 0 Å². The minimum absolute atomic E-state index is 0.0364. The van der Waals surface area contributed by atoms with Gasteiger partial charge in [-0.1, -0.05) is 0 Å². The van der Waals surface area contributed by atoms with Crippen molar-refractivity contribution in [3.05, 3.63) is 30.1 Å². The van der Waals surface area contributed by atoms with E-state index in [1.807, 2.05) is 26.0 Å². The second kappa shape index (κ2) is 5.46. The number of hydrogen-bond acceptors (Lipinski definition) is 3. The molecule has 0 bridgehead atoms. The molecule has 4 heteroatoms. The molecule has 1 heterocycles. The summed E-state index contributed by atoms with van der Waals surface area (Å²) in [5, 5.41) is 11.8. The average Bonchev–Trinajstić information content (AvgIpc) is 2.17. The van der Waals surface area contributed by atoms with Crippen molar-refractivity contribution in [1.29, 1.82) is 0 Å². The Labute approximate surface area is 89.3 Å². The van der Waals surface area contributed by atoms with E-state index in [9.17, 15) is 4.79 Å². The molecule has 15 heavy (non-hydrogen) atoms. The third-order valence-electron chi connectivity index (χ3n) is 2.22. The molecule has 2 atom stereocenters. The molecule has 0 radical (unpaired) electrons. The molecule has 1 unspecified atom stereocenters. The number of nitrogens with one attached hydrogen (secondary N) is 1. The molecule has 0 aliphatic rings. The topological polar surface area (TPSA) is 62.2 Å². The molecule has 2 N–H and O–H groups in total. The molecule has 0 aliphatic heterocycles. The zero-order valence-corrected chi connectivity index (χ0v) is 8.97. The van der Waals surface area contributed by atoms with Crippen LogP contribution in [-0.2, 0) is 4.79 Å². The van der Waals surface area contributed by atoms with Crippen LogP contribution in [0.5, 0.6) is 0 Å². The van der Waals surface area contributed by atoms with E-state index in [-0.39, 0.29) is 18.5 Å². The largest absolute Gasteiger partial charge is 0.481 e. The summed E-state index contributed by atoms with van der Waals surface area (Å²) in [5.74, 6) is -0.781. The quantitative estimate of drug-likeness (QED) is 0.771. The Bertz CT molecular complexity index is 314. The van der Waals surface area contributed by atoms with E-state index in [0.29, 0.717) is 0 Å². The lowest BCUT2D eigenvalue weighted by Crippen LogP contribution is -2.30. The second-order valence-electron chi connectivity index (χ2n) is 3.67. The van der Waals surface area contributed by atoms with E-state index in [0.717, 1.165) is 5.56 Å². The first kappa shape index (κ1) is 11.7. The minimum Gasteiger partial charge on any atom is -0.481 e. The van der Waals surface area contributed by atoms with Crippen LogP contribution in [0.1, 0.15) is 31.9 Å². The van der Waals surface area contributed by atoms with Crippen molar-refractivity contribution in [3.8, 4) is 0 Å². The lowest BCUT2D eigenvalue weighted by atomic mass is 10.1. The Morgan fingerprint density at radius 3 is 2.60 bits per heavy atom. The van der Waals surface area contributed by atoms with Gasteiger partial charge in [0.05, 0.1) is 6.42 Å². The van der Waals surface area contributed by atoms with Crippen LogP contribution in [-0.4, -0.2) is 22.1 Å². The lowest BCUT2D eigenvalue weighted by Gasteiger charge is -2.18. The molecule has 4 nitrogen and oxygen atoms in total. The van der Waals surface area contributed by atoms with Gasteiger partial charge in [-0.3, -0.25) is 9.78 Å². The van der Waals surface area contributed by atoms with E-state index in [1.54, 1.807) is 12.4 Å². The number of rotatable bonds is 5. The number of carboxylic acids is 1. The van der Waals surface area contributed by atoms with Gasteiger partial charge in [-0.05, 0) is 31.5 Å². The number of carboxylic acid groups (broad SMARTS) is 1. The van der Waals surface area contributed by atoms with E-state index in [2.05, 4.69) is 10.3 Å². The molecule has 0 fully saturated rings. The molecular weight excluding hydrogens is 192 g/mol. The van der Waals surface area contributed by atoms with Gasteiger partial charge in [0.1, 0.15) is 0 Å². The van der Waals surface area contributed by atoms with Gasteiger partial charge >= 0.3 is 5.97 Å². The molecule has 0 aliphatic carbocycles. The van der Waals surface area contributed by atoms with Crippen LogP contribution in [0.25, 0.3) is 0 Å². The number of carbonyl (C=O) groups is 1. The summed E-state index contributed by atoms with van der Waals surface area (Å²) in [4.78, 5) is 14.4. The molecule has 0 amide bonds. The number of hydrogen-bond donors (Lipinski definition) is 2. The number of aliphatic carboxylic acids is 1. The van der Waals surface area contributed by atoms with Crippen molar-refractivity contribution in [3.63, 3.8) is 0 Å². The SMILES string of the molecule is CC(CC(=O)O)N[C@H](C)c1ccncc1. The van der Waals surface area contributed by atoms with Crippen LogP contribution >= 0.6 is 0 Å². The van der Waals surface area contributed by atoms with Crippen molar-refractivity contribution >= 4 is 5.97 Å². The molecule has 1 aromatic rings. The zero-order chi connectivity index (χ0) is 11.3. The van der Waals surface area contributed by atoms with Crippen LogP contribution in [0.2, 0.25) is 0 Å². The third-order valence-corrected chi connectivity index (χ3v) is 2.22. The molecule has 0 saturated heterocycles. The van der Waals surface area contributed by atoms with Crippen LogP contribution < -0.4 is 5.32 Å². The predicted octanol–water partition coefficient (Wildman–Crippen LogP) is 1.60. The Balaban J connectivity index is 2.49. The Kier molecular flexibility index (Phi) is 4.24. The van der Waals surface area contributed by atoms with Gasteiger partial charge in [0, 0.05) is 24.5 Å². The maximum absolute atomic E-state index is 10.5. The van der Waals surface area contributed by atoms with E-state index < -0.39 is 5.97 Å². The normalized spacial score (nSPS) is 14.5. The number of pyridine rings is 1. The van der Waals surface area contributed by atoms with Crippen molar-refractivity contribution in [2.75, 3.05) is 0 Å². The van der Waals surface area contributed by atoms with Crippen LogP contribution in [0.15, 0.2) is 24.5 Å². The van der Waals surface area contributed by atoms with Crippen LogP contribution in [0, 0.1) is 0 Å². The summed E-state index contributed by atoms with van der Waals surface area (Å²) in [5.41, 5.74) is 1.11. The molecule has 0 aromatic carbocycles. The Hall–Kier alpha value is -1.42. The maximum atomic E-state index is 10.5. The highest BCUT2D eigenvalue weighted by molar-refractivity contribution is 5.67. The monoisotopic (exact) mass is 208 g/mol. The first-order valence-electron chi connectivity index (χ1n) is 4.97. The molecule has 0 spiro atoms. The number of aromatic nitrogens is 1. The summed E-state index contributed by atoms with van der Waals surface area (Å²) in [6.07, 6.45) is 3.60. The maximum Gasteiger partial charge on any atom is 0.304 e. The predicted molar refractivity (Wildman–Crippen MR) is 57.5 cm³/mol. The third kappa shape index (κ3) is 4.08. The molecular formula is C11H16N2O2. The molecule has 0 saturated carbocycles. The van der Waals surface area contributed by atoms with Gasteiger partial charge in [0.15, 0.2) is 0 Å². The summed E-state index contributed by atoms with van der Waals surface area (Å²) in [7, 11) is 0. The molecule has 82 valence electrons.